The molecule has 0 bridgehead atoms. The summed E-state index contributed by atoms with van der Waals surface area (Å²) >= 11 is 0. The minimum Gasteiger partial charge on any atom is -1.00 e. The van der Waals surface area contributed by atoms with E-state index < -0.39 is 37.9 Å². The van der Waals surface area contributed by atoms with Gasteiger partial charge in [0.05, 0.1) is 19.2 Å². The Morgan fingerprint density at radius 2 is 2.29 bits per heavy atom. The largest absolute Gasteiger partial charge is 1.00 e. The van der Waals surface area contributed by atoms with Gasteiger partial charge in [-0.1, -0.05) is 5.21 Å². The van der Waals surface area contributed by atoms with E-state index in [1.54, 1.807) is 0 Å². The zero-order valence-corrected chi connectivity index (χ0v) is 14.3. The van der Waals surface area contributed by atoms with Gasteiger partial charge in [-0.2, -0.15) is 0 Å². The molecule has 2 unspecified atom stereocenters. The number of aromatic nitrogens is 3. The van der Waals surface area contributed by atoms with Gasteiger partial charge in [-0.3, -0.25) is 9.48 Å². The third-order valence-electron chi connectivity index (χ3n) is 3.99. The van der Waals surface area contributed by atoms with Crippen LogP contribution in [0.15, 0.2) is 12.4 Å². The number of hydrogen-bond donors (Lipinski definition) is 1. The molecule has 3 rings (SSSR count). The number of carbonyl (C=O) groups is 2. The van der Waals surface area contributed by atoms with Crippen molar-refractivity contribution < 1.29 is 54.1 Å². The number of amides is 1. The molecule has 11 heteroatoms. The van der Waals surface area contributed by atoms with Gasteiger partial charge in [0.25, 0.3) is 0 Å². The van der Waals surface area contributed by atoms with E-state index >= 15 is 0 Å². The molecule has 0 aliphatic carbocycles. The van der Waals surface area contributed by atoms with Gasteiger partial charge >= 0.3 is 35.5 Å². The quantitative estimate of drug-likeness (QED) is 0.440. The van der Waals surface area contributed by atoms with Crippen LogP contribution in [0, 0.1) is 0 Å². The van der Waals surface area contributed by atoms with Crippen LogP contribution in [0.25, 0.3) is 0 Å². The van der Waals surface area contributed by atoms with Crippen LogP contribution >= 0.6 is 0 Å². The smallest absolute Gasteiger partial charge is 1.00 e. The fraction of sp³-hybridized carbons (Fsp3) is 0.600. The van der Waals surface area contributed by atoms with Gasteiger partial charge in [0.1, 0.15) is 10.1 Å². The van der Waals surface area contributed by atoms with Crippen LogP contribution in [0.3, 0.4) is 0 Å². The average molecular weight is 324 g/mol. The molecule has 9 nitrogen and oxygen atoms in total. The second-order valence-electron chi connectivity index (χ2n) is 5.16. The first-order valence-electron chi connectivity index (χ1n) is 5.90. The molecule has 1 N–H and O–H groups in total. The minimum absolute atomic E-state index is 0. The van der Waals surface area contributed by atoms with Gasteiger partial charge in [-0.15, -0.1) is 5.10 Å². The number of aliphatic carboxylic acids is 1. The van der Waals surface area contributed by atoms with Crippen molar-refractivity contribution in [2.75, 3.05) is 0 Å². The van der Waals surface area contributed by atoms with Crippen LogP contribution in [0.2, 0.25) is 0 Å². The monoisotopic (exact) mass is 324 g/mol. The first-order valence-corrected chi connectivity index (χ1v) is 7.45. The molecule has 1 aromatic rings. The number of β-lactam (4-membered cyclic amide) rings is 1. The predicted octanol–water partition coefficient (Wildman–Crippen LogP) is -4.41. The number of hydrogen-bond acceptors (Lipinski definition) is 6. The Kier molecular flexibility index (Phi) is 3.94. The number of sulfone groups is 1. The summed E-state index contributed by atoms with van der Waals surface area (Å²) in [5, 5.41) is 15.6. The van der Waals surface area contributed by atoms with Crippen LogP contribution in [-0.2, 0) is 26.0 Å². The van der Waals surface area contributed by atoms with E-state index in [1.807, 2.05) is 0 Å². The molecule has 110 valence electrons. The van der Waals surface area contributed by atoms with Gasteiger partial charge in [0.15, 0.2) is 15.9 Å². The summed E-state index contributed by atoms with van der Waals surface area (Å²) < 4.78 is 24.7. The zero-order chi connectivity index (χ0) is 14.7. The van der Waals surface area contributed by atoms with Crippen LogP contribution in [-0.4, -0.2) is 61.5 Å². The maximum absolute atomic E-state index is 12.5. The summed E-state index contributed by atoms with van der Waals surface area (Å²) in [5.41, 5.74) is 0. The molecule has 0 spiro atoms. The van der Waals surface area contributed by atoms with Crippen LogP contribution in [0.1, 0.15) is 14.8 Å². The normalized spacial score (nSPS) is 33.0. The molecular formula is C10H13N4NaO5S. The third kappa shape index (κ3) is 2.04. The van der Waals surface area contributed by atoms with Crippen molar-refractivity contribution in [3.63, 3.8) is 0 Å². The van der Waals surface area contributed by atoms with Gasteiger partial charge in [-0.25, -0.2) is 13.2 Å². The van der Waals surface area contributed by atoms with E-state index in [0.29, 0.717) is 0 Å². The predicted molar refractivity (Wildman–Crippen MR) is 65.1 cm³/mol. The van der Waals surface area contributed by atoms with Gasteiger partial charge in [-0.05, 0) is 6.92 Å². The topological polar surface area (TPSA) is 122 Å². The van der Waals surface area contributed by atoms with Gasteiger partial charge < -0.3 is 11.4 Å². The van der Waals surface area contributed by atoms with Crippen molar-refractivity contribution in [2.45, 2.75) is 36.1 Å². The van der Waals surface area contributed by atoms with Crippen LogP contribution in [0.5, 0.6) is 0 Å². The fourth-order valence-electron chi connectivity index (χ4n) is 2.93. The zero-order valence-electron chi connectivity index (χ0n) is 12.5. The maximum atomic E-state index is 12.5. The molecule has 2 aliphatic rings. The Hall–Kier alpha value is -0.970. The Balaban J connectivity index is 0.00000121. The summed E-state index contributed by atoms with van der Waals surface area (Å²) in [7, 11) is -3.80. The van der Waals surface area contributed by atoms with E-state index in [-0.39, 0.29) is 43.9 Å². The van der Waals surface area contributed by atoms with Crippen molar-refractivity contribution in [1.82, 2.24) is 19.9 Å². The number of carboxylic acids is 1. The fourth-order valence-corrected chi connectivity index (χ4v) is 5.29. The van der Waals surface area contributed by atoms with E-state index in [4.69, 9.17) is 0 Å². The Bertz CT molecular complexity index is 696. The summed E-state index contributed by atoms with van der Waals surface area (Å²) in [5.74, 6) is -1.78. The van der Waals surface area contributed by atoms with Crippen molar-refractivity contribution in [3.05, 3.63) is 12.4 Å². The van der Waals surface area contributed by atoms with Gasteiger partial charge in [0.2, 0.25) is 5.91 Å². The van der Waals surface area contributed by atoms with Gasteiger partial charge in [0, 0.05) is 6.20 Å². The number of fused-ring (bicyclic) bond motifs is 1. The average Bonchev–Trinajstić information content (AvgIpc) is 2.87. The molecule has 2 aliphatic heterocycles. The summed E-state index contributed by atoms with van der Waals surface area (Å²) in [4.78, 5) is 24.0. The maximum Gasteiger partial charge on any atom is 1.00 e. The van der Waals surface area contributed by atoms with Crippen molar-refractivity contribution in [1.29, 1.82) is 0 Å². The molecule has 1 amide bonds. The first kappa shape index (κ1) is 16.4. The first-order chi connectivity index (χ1) is 9.29. The number of rotatable bonds is 3. The molecule has 0 radical (unpaired) electrons. The van der Waals surface area contributed by atoms with E-state index in [0.717, 1.165) is 4.90 Å². The molecule has 2 saturated heterocycles. The molecular weight excluding hydrogens is 311 g/mol. The van der Waals surface area contributed by atoms with E-state index in [9.17, 15) is 23.1 Å². The SMILES string of the molecule is CC1(Cn2ccnn2)[C@H](C(=O)O)N2C(=O)CC2S1(=O)=O.[H-].[Na+]. The molecule has 21 heavy (non-hydrogen) atoms. The van der Waals surface area contributed by atoms with Crippen molar-refractivity contribution >= 4 is 21.7 Å². The molecule has 2 fully saturated rings. The summed E-state index contributed by atoms with van der Waals surface area (Å²) in [6.45, 7) is 1.18. The van der Waals surface area contributed by atoms with Crippen LogP contribution in [0.4, 0.5) is 0 Å². The van der Waals surface area contributed by atoms with Crippen LogP contribution < -0.4 is 29.6 Å². The number of carboxylic acid groups (broad SMARTS) is 1. The van der Waals surface area contributed by atoms with Crippen molar-refractivity contribution in [3.8, 4) is 0 Å². The minimum atomic E-state index is -3.80. The third-order valence-corrected chi connectivity index (χ3v) is 6.76. The Morgan fingerprint density at radius 1 is 1.62 bits per heavy atom. The number of nitrogens with zero attached hydrogens (tertiary/aromatic N) is 4. The van der Waals surface area contributed by atoms with E-state index in [1.165, 1.54) is 24.0 Å². The molecule has 3 atom stereocenters. The standard InChI is InChI=1S/C10H12N4O5S.Na.H/c1-10(5-13-3-2-11-12-13)8(9(16)17)14-6(15)4-7(14)20(10,18)19;;/h2-3,7-8H,4-5H2,1H3,(H,16,17);;/q;+1;-1/t7?,8-,10?;;/m0../s1. The number of carbonyl (C=O) groups excluding carboxylic acids is 1. The summed E-state index contributed by atoms with van der Waals surface area (Å²) in [6.07, 6.45) is 2.68. The Morgan fingerprint density at radius 3 is 2.76 bits per heavy atom. The van der Waals surface area contributed by atoms with Crippen molar-refractivity contribution in [2.24, 2.45) is 0 Å². The molecule has 3 heterocycles. The second kappa shape index (κ2) is 5.04. The second-order valence-corrected chi connectivity index (χ2v) is 7.73. The molecule has 1 aromatic heterocycles. The molecule has 0 saturated carbocycles. The Labute approximate surface area is 144 Å². The van der Waals surface area contributed by atoms with E-state index in [2.05, 4.69) is 10.3 Å². The summed E-state index contributed by atoms with van der Waals surface area (Å²) in [6, 6.07) is -1.40. The molecule has 0 aromatic carbocycles.